The predicted octanol–water partition coefficient (Wildman–Crippen LogP) is 6.46. The molecular weight excluding hydrogens is 316 g/mol. The molecule has 2 aromatic carbocycles. The zero-order chi connectivity index (χ0) is 19.1. The predicted molar refractivity (Wildman–Crippen MR) is 112 cm³/mol. The zero-order valence-electron chi connectivity index (χ0n) is 16.0. The van der Waals surface area contributed by atoms with Gasteiger partial charge in [0, 0.05) is 11.1 Å². The maximum absolute atomic E-state index is 13.1. The van der Waals surface area contributed by atoms with E-state index >= 15 is 0 Å². The molecule has 26 heavy (non-hydrogen) atoms. The van der Waals surface area contributed by atoms with Gasteiger partial charge in [-0.2, -0.15) is 0 Å². The zero-order valence-corrected chi connectivity index (χ0v) is 16.0. The first-order valence-corrected chi connectivity index (χ1v) is 8.82. The molecule has 2 rings (SSSR count). The lowest BCUT2D eigenvalue weighted by molar-refractivity contribution is -0.111. The van der Waals surface area contributed by atoms with E-state index in [1.807, 2.05) is 75.4 Å². The van der Waals surface area contributed by atoms with Gasteiger partial charge in [-0.3, -0.25) is 4.79 Å². The first-order valence-electron chi connectivity index (χ1n) is 8.82. The van der Waals surface area contributed by atoms with Gasteiger partial charge in [0.2, 0.25) is 0 Å². The fraction of sp³-hybridized carbons (Fsp3) is 0.160. The van der Waals surface area contributed by atoms with Crippen LogP contribution in [-0.2, 0) is 4.79 Å². The Labute approximate surface area is 157 Å². The second-order valence-corrected chi connectivity index (χ2v) is 6.44. The molecule has 0 fully saturated rings. The number of benzene rings is 2. The summed E-state index contributed by atoms with van der Waals surface area (Å²) in [4.78, 5) is 13.1. The SMILES string of the molecule is C=C(C)/C(C(=O)/C=C/C(C)=C/C)=C(/c1ccccc1)c1ccccc1C. The van der Waals surface area contributed by atoms with Gasteiger partial charge in [-0.15, -0.1) is 0 Å². The molecule has 1 nitrogen and oxygen atoms in total. The normalized spacial score (nSPS) is 12.8. The first-order chi connectivity index (χ1) is 12.5. The van der Waals surface area contributed by atoms with Crippen LogP contribution in [0.5, 0.6) is 0 Å². The van der Waals surface area contributed by atoms with E-state index in [0.29, 0.717) is 5.57 Å². The van der Waals surface area contributed by atoms with Crippen molar-refractivity contribution in [3.05, 3.63) is 113 Å². The summed E-state index contributed by atoms with van der Waals surface area (Å²) >= 11 is 0. The van der Waals surface area contributed by atoms with E-state index in [4.69, 9.17) is 0 Å². The van der Waals surface area contributed by atoms with E-state index in [2.05, 4.69) is 25.6 Å². The average Bonchev–Trinajstić information content (AvgIpc) is 2.65. The van der Waals surface area contributed by atoms with Gasteiger partial charge in [-0.05, 0) is 56.0 Å². The second kappa shape index (κ2) is 8.96. The van der Waals surface area contributed by atoms with Crippen LogP contribution in [0.1, 0.15) is 37.5 Å². The number of hydrogen-bond acceptors (Lipinski definition) is 1. The van der Waals surface area contributed by atoms with E-state index < -0.39 is 0 Å². The summed E-state index contributed by atoms with van der Waals surface area (Å²) in [7, 11) is 0. The molecule has 0 aliphatic rings. The van der Waals surface area contributed by atoms with Crippen LogP contribution < -0.4 is 0 Å². The fourth-order valence-electron chi connectivity index (χ4n) is 2.83. The number of carbonyl (C=O) groups is 1. The van der Waals surface area contributed by atoms with Gasteiger partial charge in [0.1, 0.15) is 0 Å². The van der Waals surface area contributed by atoms with Crippen molar-refractivity contribution in [1.82, 2.24) is 0 Å². The number of allylic oxidation sites excluding steroid dienone is 6. The third-order valence-electron chi connectivity index (χ3n) is 4.35. The standard InChI is InChI=1S/C25H26O/c1-6-19(4)16-17-23(26)24(18(2)3)25(21-13-8-7-9-14-21)22-15-11-10-12-20(22)5/h6-17H,2H2,1,3-5H3/b17-16+,19-6+,25-24+. The van der Waals surface area contributed by atoms with Crippen molar-refractivity contribution < 1.29 is 4.79 Å². The molecular formula is C25H26O. The van der Waals surface area contributed by atoms with Crippen molar-refractivity contribution >= 4 is 11.4 Å². The molecule has 0 bridgehead atoms. The van der Waals surface area contributed by atoms with Crippen LogP contribution in [0.2, 0.25) is 0 Å². The average molecular weight is 342 g/mol. The van der Waals surface area contributed by atoms with Crippen LogP contribution in [0, 0.1) is 6.92 Å². The van der Waals surface area contributed by atoms with E-state index in [0.717, 1.165) is 33.4 Å². The van der Waals surface area contributed by atoms with Crippen LogP contribution in [0.25, 0.3) is 5.57 Å². The van der Waals surface area contributed by atoms with Gasteiger partial charge < -0.3 is 0 Å². The van der Waals surface area contributed by atoms with Gasteiger partial charge in [0.15, 0.2) is 5.78 Å². The maximum atomic E-state index is 13.1. The van der Waals surface area contributed by atoms with Crippen LogP contribution in [0.3, 0.4) is 0 Å². The minimum Gasteiger partial charge on any atom is -0.289 e. The highest BCUT2D eigenvalue weighted by molar-refractivity contribution is 6.14. The minimum atomic E-state index is -0.0270. The number of rotatable bonds is 6. The van der Waals surface area contributed by atoms with Crippen LogP contribution in [0.15, 0.2) is 96.1 Å². The molecule has 0 aliphatic heterocycles. The van der Waals surface area contributed by atoms with Crippen LogP contribution >= 0.6 is 0 Å². The Morgan fingerprint density at radius 2 is 1.54 bits per heavy atom. The molecule has 0 radical (unpaired) electrons. The summed E-state index contributed by atoms with van der Waals surface area (Å²) < 4.78 is 0. The molecule has 0 aromatic heterocycles. The lowest BCUT2D eigenvalue weighted by atomic mass is 9.86. The van der Waals surface area contributed by atoms with Crippen molar-refractivity contribution in [2.45, 2.75) is 27.7 Å². The number of carbonyl (C=O) groups excluding carboxylic acids is 1. The van der Waals surface area contributed by atoms with Crippen molar-refractivity contribution in [3.8, 4) is 0 Å². The van der Waals surface area contributed by atoms with Crippen LogP contribution in [-0.4, -0.2) is 5.78 Å². The molecule has 0 saturated carbocycles. The highest BCUT2D eigenvalue weighted by Crippen LogP contribution is 2.32. The highest BCUT2D eigenvalue weighted by atomic mass is 16.1. The van der Waals surface area contributed by atoms with Gasteiger partial charge >= 0.3 is 0 Å². The molecule has 132 valence electrons. The Morgan fingerprint density at radius 3 is 2.12 bits per heavy atom. The largest absolute Gasteiger partial charge is 0.289 e. The van der Waals surface area contributed by atoms with Gasteiger partial charge in [0.05, 0.1) is 0 Å². The quantitative estimate of drug-likeness (QED) is 0.434. The summed E-state index contributed by atoms with van der Waals surface area (Å²) in [5.41, 5.74) is 6.61. The molecule has 0 amide bonds. The second-order valence-electron chi connectivity index (χ2n) is 6.44. The molecule has 0 N–H and O–H groups in total. The van der Waals surface area contributed by atoms with Crippen molar-refractivity contribution in [1.29, 1.82) is 0 Å². The molecule has 2 aromatic rings. The van der Waals surface area contributed by atoms with E-state index in [1.165, 1.54) is 0 Å². The Morgan fingerprint density at radius 1 is 0.923 bits per heavy atom. The molecule has 0 spiro atoms. The lowest BCUT2D eigenvalue weighted by Crippen LogP contribution is -2.06. The summed E-state index contributed by atoms with van der Waals surface area (Å²) in [5.74, 6) is -0.0270. The smallest absolute Gasteiger partial charge is 0.186 e. The Balaban J connectivity index is 2.77. The monoisotopic (exact) mass is 342 g/mol. The summed E-state index contributed by atoms with van der Waals surface area (Å²) in [6.45, 7) is 12.0. The molecule has 0 unspecified atom stereocenters. The van der Waals surface area contributed by atoms with E-state index in [-0.39, 0.29) is 5.78 Å². The van der Waals surface area contributed by atoms with Crippen LogP contribution in [0.4, 0.5) is 0 Å². The van der Waals surface area contributed by atoms with Gasteiger partial charge in [-0.25, -0.2) is 0 Å². The van der Waals surface area contributed by atoms with Crippen molar-refractivity contribution in [2.24, 2.45) is 0 Å². The molecule has 0 aliphatic carbocycles. The van der Waals surface area contributed by atoms with Crippen molar-refractivity contribution in [3.63, 3.8) is 0 Å². The number of ketones is 1. The summed E-state index contributed by atoms with van der Waals surface area (Å²) in [6.07, 6.45) is 5.47. The molecule has 0 saturated heterocycles. The third kappa shape index (κ3) is 4.58. The summed E-state index contributed by atoms with van der Waals surface area (Å²) in [6, 6.07) is 18.2. The number of hydrogen-bond donors (Lipinski definition) is 0. The Kier molecular flexibility index (Phi) is 6.68. The van der Waals surface area contributed by atoms with Crippen molar-refractivity contribution in [2.75, 3.05) is 0 Å². The van der Waals surface area contributed by atoms with Gasteiger partial charge in [0.25, 0.3) is 0 Å². The minimum absolute atomic E-state index is 0.0270. The third-order valence-corrected chi connectivity index (χ3v) is 4.35. The number of aryl methyl sites for hydroxylation is 1. The highest BCUT2D eigenvalue weighted by Gasteiger charge is 2.18. The maximum Gasteiger partial charge on any atom is 0.186 e. The molecule has 1 heteroatoms. The Bertz CT molecular complexity index is 893. The van der Waals surface area contributed by atoms with Gasteiger partial charge in [-0.1, -0.05) is 78.9 Å². The first kappa shape index (κ1) is 19.4. The topological polar surface area (TPSA) is 17.1 Å². The summed E-state index contributed by atoms with van der Waals surface area (Å²) in [5, 5.41) is 0. The fourth-order valence-corrected chi connectivity index (χ4v) is 2.83. The van der Waals surface area contributed by atoms with E-state index in [9.17, 15) is 4.79 Å². The molecule has 0 atom stereocenters. The van der Waals surface area contributed by atoms with E-state index in [1.54, 1.807) is 6.08 Å². The Hall–Kier alpha value is -2.93. The molecule has 0 heterocycles. The lowest BCUT2D eigenvalue weighted by Gasteiger charge is -2.17.